The molecule has 0 fully saturated rings. The molecule has 0 spiro atoms. The second-order valence-corrected chi connectivity index (χ2v) is 4.16. The van der Waals surface area contributed by atoms with Gasteiger partial charge < -0.3 is 9.73 Å². The Hall–Kier alpha value is -2.26. The largest absolute Gasteiger partial charge is 0.444 e. The summed E-state index contributed by atoms with van der Waals surface area (Å²) in [6.45, 7) is 2.13. The van der Waals surface area contributed by atoms with Crippen molar-refractivity contribution >= 4 is 17.3 Å². The average molecular weight is 279 g/mol. The topological polar surface area (TPSA) is 73.0 Å². The molecule has 2 aromatic rings. The van der Waals surface area contributed by atoms with Crippen LogP contribution in [0.25, 0.3) is 0 Å². The first-order valence-corrected chi connectivity index (χ1v) is 5.84. The lowest BCUT2D eigenvalue weighted by Gasteiger charge is -2.07. The number of anilines is 1. The summed E-state index contributed by atoms with van der Waals surface area (Å²) in [5, 5.41) is 6.94. The maximum Gasteiger partial charge on any atom is 0.292 e. The summed E-state index contributed by atoms with van der Waals surface area (Å²) in [6.07, 6.45) is 8.12. The third kappa shape index (κ3) is 2.95. The first-order chi connectivity index (χ1) is 9.11. The van der Waals surface area contributed by atoms with Crippen molar-refractivity contribution in [1.82, 2.24) is 14.8 Å². The van der Waals surface area contributed by atoms with Crippen molar-refractivity contribution in [3.8, 4) is 12.3 Å². The molecule has 2 rings (SSSR count). The summed E-state index contributed by atoms with van der Waals surface area (Å²) in [5.41, 5.74) is -0.156. The maximum atomic E-state index is 12.0. The predicted octanol–water partition coefficient (Wildman–Crippen LogP) is 1.44. The fourth-order valence-corrected chi connectivity index (χ4v) is 1.67. The highest BCUT2D eigenvalue weighted by Gasteiger charge is 2.10. The smallest absolute Gasteiger partial charge is 0.292 e. The number of terminal acetylenes is 1. The Labute approximate surface area is 114 Å². The number of oxazole rings is 1. The van der Waals surface area contributed by atoms with Crippen LogP contribution in [-0.2, 0) is 13.1 Å². The molecule has 0 radical (unpaired) electrons. The fraction of sp³-hybridized carbons (Fsp3) is 0.250. The molecule has 0 amide bonds. The van der Waals surface area contributed by atoms with E-state index >= 15 is 0 Å². The number of halogens is 1. The van der Waals surface area contributed by atoms with Crippen LogP contribution in [-0.4, -0.2) is 14.8 Å². The molecule has 1 N–H and O–H groups in total. The molecule has 0 saturated carbocycles. The van der Waals surface area contributed by atoms with Gasteiger partial charge in [-0.2, -0.15) is 5.10 Å². The van der Waals surface area contributed by atoms with Crippen LogP contribution in [0.15, 0.2) is 21.6 Å². The Morgan fingerprint density at radius 2 is 2.37 bits per heavy atom. The molecule has 0 aromatic carbocycles. The third-order valence-electron chi connectivity index (χ3n) is 2.32. The lowest BCUT2D eigenvalue weighted by molar-refractivity contribution is 0.479. The number of hydrogen-bond acceptors (Lipinski definition) is 5. The Kier molecular flexibility index (Phi) is 3.88. The highest BCUT2D eigenvalue weighted by molar-refractivity contribution is 6.32. The van der Waals surface area contributed by atoms with E-state index in [1.807, 2.05) is 0 Å². The van der Waals surface area contributed by atoms with Crippen LogP contribution < -0.4 is 10.9 Å². The van der Waals surface area contributed by atoms with Crippen LogP contribution in [0.3, 0.4) is 0 Å². The van der Waals surface area contributed by atoms with Gasteiger partial charge in [0.2, 0.25) is 5.89 Å². The molecule has 2 heterocycles. The summed E-state index contributed by atoms with van der Waals surface area (Å²) < 4.78 is 6.44. The van der Waals surface area contributed by atoms with Crippen LogP contribution in [0.4, 0.5) is 5.69 Å². The van der Waals surface area contributed by atoms with Gasteiger partial charge in [0.15, 0.2) is 0 Å². The average Bonchev–Trinajstić information content (AvgIpc) is 2.79. The van der Waals surface area contributed by atoms with Gasteiger partial charge in [-0.1, -0.05) is 17.5 Å². The van der Waals surface area contributed by atoms with Crippen molar-refractivity contribution in [2.24, 2.45) is 0 Å². The summed E-state index contributed by atoms with van der Waals surface area (Å²) in [4.78, 5) is 16.0. The zero-order valence-electron chi connectivity index (χ0n) is 10.2. The van der Waals surface area contributed by atoms with Gasteiger partial charge in [-0.05, 0) is 6.92 Å². The molecule has 0 aliphatic carbocycles. The van der Waals surface area contributed by atoms with E-state index in [9.17, 15) is 4.79 Å². The Morgan fingerprint density at radius 3 is 3.00 bits per heavy atom. The monoisotopic (exact) mass is 278 g/mol. The van der Waals surface area contributed by atoms with E-state index in [2.05, 4.69) is 21.3 Å². The Morgan fingerprint density at radius 1 is 1.58 bits per heavy atom. The van der Waals surface area contributed by atoms with Crippen LogP contribution >= 0.6 is 11.6 Å². The second-order valence-electron chi connectivity index (χ2n) is 3.75. The standard InChI is InChI=1S/C12H11ClN4O2/c1-3-4-17-12(18)11(9(13)6-16-17)15-7-10-14-5-8(2)19-10/h1,5-6,15H,4,7H2,2H3. The molecule has 6 nitrogen and oxygen atoms in total. The summed E-state index contributed by atoms with van der Waals surface area (Å²) in [5.74, 6) is 3.51. The molecule has 0 bridgehead atoms. The molecule has 0 aliphatic heterocycles. The van der Waals surface area contributed by atoms with Crippen molar-refractivity contribution in [3.63, 3.8) is 0 Å². The van der Waals surface area contributed by atoms with E-state index in [-0.39, 0.29) is 29.4 Å². The Bertz CT molecular complexity index is 684. The molecule has 0 saturated heterocycles. The number of hydrogen-bond donors (Lipinski definition) is 1. The highest BCUT2D eigenvalue weighted by Crippen LogP contribution is 2.16. The second kappa shape index (κ2) is 5.59. The number of nitrogens with zero attached hydrogens (tertiary/aromatic N) is 3. The van der Waals surface area contributed by atoms with Gasteiger partial charge in [0, 0.05) is 0 Å². The van der Waals surface area contributed by atoms with Gasteiger partial charge in [-0.15, -0.1) is 6.42 Å². The predicted molar refractivity (Wildman–Crippen MR) is 70.9 cm³/mol. The Balaban J connectivity index is 2.22. The van der Waals surface area contributed by atoms with Crippen LogP contribution in [0, 0.1) is 19.3 Å². The number of rotatable bonds is 4. The van der Waals surface area contributed by atoms with Crippen LogP contribution in [0.5, 0.6) is 0 Å². The lowest BCUT2D eigenvalue weighted by atomic mass is 10.4. The van der Waals surface area contributed by atoms with E-state index in [1.165, 1.54) is 6.20 Å². The minimum absolute atomic E-state index is 0.0861. The molecule has 0 aliphatic rings. The van der Waals surface area contributed by atoms with Gasteiger partial charge in [-0.25, -0.2) is 9.67 Å². The van der Waals surface area contributed by atoms with E-state index < -0.39 is 0 Å². The van der Waals surface area contributed by atoms with E-state index in [0.29, 0.717) is 11.7 Å². The van der Waals surface area contributed by atoms with E-state index in [4.69, 9.17) is 22.4 Å². The van der Waals surface area contributed by atoms with Crippen molar-refractivity contribution in [1.29, 1.82) is 0 Å². The van der Waals surface area contributed by atoms with E-state index in [0.717, 1.165) is 4.68 Å². The normalized spacial score (nSPS) is 10.2. The molecular weight excluding hydrogens is 268 g/mol. The molecule has 0 atom stereocenters. The summed E-state index contributed by atoms with van der Waals surface area (Å²) in [6, 6.07) is 0. The van der Waals surface area contributed by atoms with Crippen molar-refractivity contribution in [3.05, 3.63) is 39.4 Å². The number of aromatic nitrogens is 3. The molecule has 19 heavy (non-hydrogen) atoms. The zero-order valence-corrected chi connectivity index (χ0v) is 10.9. The quantitative estimate of drug-likeness (QED) is 0.857. The minimum Gasteiger partial charge on any atom is -0.444 e. The summed E-state index contributed by atoms with van der Waals surface area (Å²) >= 11 is 5.93. The first kappa shape index (κ1) is 13.2. The molecule has 98 valence electrons. The maximum absolute atomic E-state index is 12.0. The first-order valence-electron chi connectivity index (χ1n) is 5.46. The fourth-order valence-electron chi connectivity index (χ4n) is 1.47. The van der Waals surface area contributed by atoms with Crippen molar-refractivity contribution in [2.75, 3.05) is 5.32 Å². The summed E-state index contributed by atoms with van der Waals surface area (Å²) in [7, 11) is 0. The molecule has 2 aromatic heterocycles. The minimum atomic E-state index is -0.381. The zero-order chi connectivity index (χ0) is 13.8. The van der Waals surface area contributed by atoms with Gasteiger partial charge in [0.25, 0.3) is 5.56 Å². The van der Waals surface area contributed by atoms with Crippen molar-refractivity contribution in [2.45, 2.75) is 20.0 Å². The third-order valence-corrected chi connectivity index (χ3v) is 2.61. The van der Waals surface area contributed by atoms with Crippen LogP contribution in [0.2, 0.25) is 5.02 Å². The van der Waals surface area contributed by atoms with Gasteiger partial charge >= 0.3 is 0 Å². The van der Waals surface area contributed by atoms with Crippen molar-refractivity contribution < 1.29 is 4.42 Å². The van der Waals surface area contributed by atoms with Gasteiger partial charge in [0.1, 0.15) is 18.0 Å². The molecule has 0 unspecified atom stereocenters. The van der Waals surface area contributed by atoms with Crippen LogP contribution in [0.1, 0.15) is 11.7 Å². The lowest BCUT2D eigenvalue weighted by Crippen LogP contribution is -2.25. The van der Waals surface area contributed by atoms with E-state index in [1.54, 1.807) is 13.1 Å². The number of aryl methyl sites for hydroxylation is 1. The highest BCUT2D eigenvalue weighted by atomic mass is 35.5. The number of nitrogens with one attached hydrogen (secondary N) is 1. The molecule has 7 heteroatoms. The van der Waals surface area contributed by atoms with Gasteiger partial charge in [-0.3, -0.25) is 4.79 Å². The molecular formula is C12H11ClN4O2. The SMILES string of the molecule is C#CCn1ncc(Cl)c(NCc2ncc(C)o2)c1=O. The van der Waals surface area contributed by atoms with Gasteiger partial charge in [0.05, 0.1) is 24.0 Å².